The van der Waals surface area contributed by atoms with Crippen molar-refractivity contribution in [1.29, 1.82) is 0 Å². The van der Waals surface area contributed by atoms with Gasteiger partial charge in [-0.2, -0.15) is 0 Å². The van der Waals surface area contributed by atoms with E-state index in [0.717, 1.165) is 25.2 Å². The first kappa shape index (κ1) is 14.0. The van der Waals surface area contributed by atoms with Crippen molar-refractivity contribution in [2.24, 2.45) is 18.7 Å². The summed E-state index contributed by atoms with van der Waals surface area (Å²) in [6, 6.07) is -0.404. The number of nitrogens with zero attached hydrogens (tertiary/aromatic N) is 4. The van der Waals surface area contributed by atoms with Gasteiger partial charge in [-0.3, -0.25) is 4.79 Å². The van der Waals surface area contributed by atoms with E-state index in [4.69, 9.17) is 5.73 Å². The van der Waals surface area contributed by atoms with E-state index >= 15 is 0 Å². The summed E-state index contributed by atoms with van der Waals surface area (Å²) in [6.45, 7) is 5.46. The van der Waals surface area contributed by atoms with Crippen LogP contribution >= 0.6 is 0 Å². The van der Waals surface area contributed by atoms with Crippen molar-refractivity contribution in [2.45, 2.75) is 38.6 Å². The Bertz CT molecular complexity index is 442. The van der Waals surface area contributed by atoms with Crippen molar-refractivity contribution in [3.63, 3.8) is 0 Å². The molecule has 1 unspecified atom stereocenters. The monoisotopic (exact) mass is 265 g/mol. The number of likely N-dealkylation sites (tertiary alicyclic amines) is 1. The summed E-state index contributed by atoms with van der Waals surface area (Å²) in [5.41, 5.74) is 5.96. The van der Waals surface area contributed by atoms with Crippen LogP contribution in [0.2, 0.25) is 0 Å². The number of rotatable bonds is 3. The Morgan fingerprint density at radius 3 is 2.84 bits per heavy atom. The molecule has 1 aliphatic rings. The van der Waals surface area contributed by atoms with Crippen molar-refractivity contribution in [3.8, 4) is 0 Å². The maximum Gasteiger partial charge on any atom is 0.239 e. The lowest BCUT2D eigenvalue weighted by atomic mass is 9.95. The van der Waals surface area contributed by atoms with E-state index in [1.165, 1.54) is 0 Å². The molecular weight excluding hydrogens is 242 g/mol. The summed E-state index contributed by atoms with van der Waals surface area (Å²) in [5, 5.41) is 8.07. The van der Waals surface area contributed by atoms with Crippen LogP contribution in [-0.2, 0) is 11.8 Å². The molecule has 106 valence electrons. The minimum atomic E-state index is -0.404. The number of carbonyl (C=O) groups is 1. The molecule has 2 rings (SSSR count). The summed E-state index contributed by atoms with van der Waals surface area (Å²) in [4.78, 5) is 14.2. The third-order valence-electron chi connectivity index (χ3n) is 3.85. The number of aryl methyl sites for hydroxylation is 1. The van der Waals surface area contributed by atoms with Gasteiger partial charge in [-0.25, -0.2) is 0 Å². The molecule has 2 atom stereocenters. The Morgan fingerprint density at radius 1 is 1.53 bits per heavy atom. The zero-order valence-corrected chi connectivity index (χ0v) is 11.9. The Hall–Kier alpha value is -1.43. The molecule has 0 aromatic carbocycles. The third kappa shape index (κ3) is 2.94. The lowest BCUT2D eigenvalue weighted by molar-refractivity contribution is -0.134. The number of piperidine rings is 1. The highest BCUT2D eigenvalue weighted by atomic mass is 16.2. The van der Waals surface area contributed by atoms with Crippen molar-refractivity contribution < 1.29 is 4.79 Å². The molecule has 1 aromatic rings. The first-order valence-corrected chi connectivity index (χ1v) is 6.89. The van der Waals surface area contributed by atoms with Crippen LogP contribution in [0.25, 0.3) is 0 Å². The SMILES string of the molecule is CC(C)[C@@H](N)C(=O)N1CCCC(c2nncn2C)C1. The summed E-state index contributed by atoms with van der Waals surface area (Å²) >= 11 is 0. The van der Waals surface area contributed by atoms with E-state index in [9.17, 15) is 4.79 Å². The maximum absolute atomic E-state index is 12.3. The fraction of sp³-hybridized carbons (Fsp3) is 0.769. The molecule has 6 heteroatoms. The van der Waals surface area contributed by atoms with Crippen molar-refractivity contribution in [1.82, 2.24) is 19.7 Å². The van der Waals surface area contributed by atoms with E-state index in [0.29, 0.717) is 6.54 Å². The van der Waals surface area contributed by atoms with E-state index in [2.05, 4.69) is 10.2 Å². The molecular formula is C13H23N5O. The van der Waals surface area contributed by atoms with Gasteiger partial charge in [0.05, 0.1) is 6.04 Å². The van der Waals surface area contributed by atoms with Crippen LogP contribution in [0.5, 0.6) is 0 Å². The number of amides is 1. The minimum absolute atomic E-state index is 0.0573. The van der Waals surface area contributed by atoms with E-state index in [-0.39, 0.29) is 17.7 Å². The van der Waals surface area contributed by atoms with Gasteiger partial charge in [-0.1, -0.05) is 13.8 Å². The smallest absolute Gasteiger partial charge is 0.239 e. The number of aromatic nitrogens is 3. The summed E-state index contributed by atoms with van der Waals surface area (Å²) in [6.07, 6.45) is 3.75. The fourth-order valence-electron chi connectivity index (χ4n) is 2.55. The third-order valence-corrected chi connectivity index (χ3v) is 3.85. The molecule has 0 radical (unpaired) electrons. The van der Waals surface area contributed by atoms with E-state index in [1.807, 2.05) is 30.4 Å². The highest BCUT2D eigenvalue weighted by Crippen LogP contribution is 2.25. The predicted octanol–water partition coefficient (Wildman–Crippen LogP) is 0.504. The molecule has 0 saturated carbocycles. The lowest BCUT2D eigenvalue weighted by Gasteiger charge is -2.34. The molecule has 0 spiro atoms. The molecule has 1 fully saturated rings. The van der Waals surface area contributed by atoms with Gasteiger partial charge in [-0.15, -0.1) is 10.2 Å². The number of hydrogen-bond donors (Lipinski definition) is 1. The van der Waals surface area contributed by atoms with Crippen LogP contribution in [-0.4, -0.2) is 44.7 Å². The van der Waals surface area contributed by atoms with Crippen LogP contribution in [0.4, 0.5) is 0 Å². The van der Waals surface area contributed by atoms with Gasteiger partial charge < -0.3 is 15.2 Å². The fourth-order valence-corrected chi connectivity index (χ4v) is 2.55. The Kier molecular flexibility index (Phi) is 4.19. The van der Waals surface area contributed by atoms with Gasteiger partial charge in [0.2, 0.25) is 5.91 Å². The molecule has 19 heavy (non-hydrogen) atoms. The zero-order valence-electron chi connectivity index (χ0n) is 11.9. The highest BCUT2D eigenvalue weighted by molar-refractivity contribution is 5.82. The topological polar surface area (TPSA) is 77.0 Å². The molecule has 0 bridgehead atoms. The van der Waals surface area contributed by atoms with E-state index in [1.54, 1.807) is 6.33 Å². The normalized spacial score (nSPS) is 21.7. The Balaban J connectivity index is 2.05. The predicted molar refractivity (Wildman–Crippen MR) is 72.4 cm³/mol. The molecule has 1 amide bonds. The molecule has 1 saturated heterocycles. The maximum atomic E-state index is 12.3. The molecule has 1 aromatic heterocycles. The van der Waals surface area contributed by atoms with E-state index < -0.39 is 6.04 Å². The number of hydrogen-bond acceptors (Lipinski definition) is 4. The van der Waals surface area contributed by atoms with Crippen LogP contribution < -0.4 is 5.73 Å². The summed E-state index contributed by atoms with van der Waals surface area (Å²) in [7, 11) is 1.94. The van der Waals surface area contributed by atoms with Gasteiger partial charge >= 0.3 is 0 Å². The first-order valence-electron chi connectivity index (χ1n) is 6.89. The molecule has 2 heterocycles. The molecule has 6 nitrogen and oxygen atoms in total. The second-order valence-corrected chi connectivity index (χ2v) is 5.69. The van der Waals surface area contributed by atoms with Crippen molar-refractivity contribution in [2.75, 3.05) is 13.1 Å². The average Bonchev–Trinajstić information content (AvgIpc) is 2.83. The van der Waals surface area contributed by atoms with Crippen LogP contribution in [0.3, 0.4) is 0 Å². The average molecular weight is 265 g/mol. The largest absolute Gasteiger partial charge is 0.341 e. The molecule has 1 aliphatic heterocycles. The lowest BCUT2D eigenvalue weighted by Crippen LogP contribution is -2.49. The van der Waals surface area contributed by atoms with Gasteiger partial charge in [-0.05, 0) is 18.8 Å². The van der Waals surface area contributed by atoms with Gasteiger partial charge in [0, 0.05) is 26.1 Å². The highest BCUT2D eigenvalue weighted by Gasteiger charge is 2.30. The standard InChI is InChI=1S/C13H23N5O/c1-9(2)11(14)13(19)18-6-4-5-10(7-18)12-16-15-8-17(12)3/h8-11H,4-7,14H2,1-3H3/t10?,11-/m1/s1. The Morgan fingerprint density at radius 2 is 2.26 bits per heavy atom. The summed E-state index contributed by atoms with van der Waals surface area (Å²) in [5.74, 6) is 1.45. The first-order chi connectivity index (χ1) is 9.00. The second kappa shape index (κ2) is 5.69. The number of nitrogens with two attached hydrogens (primary N) is 1. The Labute approximate surface area is 114 Å². The minimum Gasteiger partial charge on any atom is -0.341 e. The van der Waals surface area contributed by atoms with Crippen molar-refractivity contribution >= 4 is 5.91 Å². The molecule has 0 aliphatic carbocycles. The number of carbonyl (C=O) groups excluding carboxylic acids is 1. The van der Waals surface area contributed by atoms with Crippen LogP contribution in [0.15, 0.2) is 6.33 Å². The van der Waals surface area contributed by atoms with Crippen LogP contribution in [0, 0.1) is 5.92 Å². The van der Waals surface area contributed by atoms with Gasteiger partial charge in [0.25, 0.3) is 0 Å². The molecule has 2 N–H and O–H groups in total. The van der Waals surface area contributed by atoms with Crippen molar-refractivity contribution in [3.05, 3.63) is 12.2 Å². The second-order valence-electron chi connectivity index (χ2n) is 5.69. The summed E-state index contributed by atoms with van der Waals surface area (Å²) < 4.78 is 1.93. The zero-order chi connectivity index (χ0) is 14.0. The van der Waals surface area contributed by atoms with Gasteiger partial charge in [0.15, 0.2) is 0 Å². The van der Waals surface area contributed by atoms with Crippen LogP contribution in [0.1, 0.15) is 38.4 Å². The van der Waals surface area contributed by atoms with Gasteiger partial charge in [0.1, 0.15) is 12.2 Å². The quantitative estimate of drug-likeness (QED) is 0.863.